The van der Waals surface area contributed by atoms with Crippen LogP contribution in [-0.2, 0) is 4.79 Å². The van der Waals surface area contributed by atoms with Gasteiger partial charge in [-0.15, -0.1) is 0 Å². The van der Waals surface area contributed by atoms with Crippen LogP contribution in [0.5, 0.6) is 0 Å². The van der Waals surface area contributed by atoms with E-state index in [4.69, 9.17) is 4.99 Å². The number of amides is 1. The fourth-order valence-electron chi connectivity index (χ4n) is 4.12. The molecule has 0 bridgehead atoms. The highest BCUT2D eigenvalue weighted by molar-refractivity contribution is 6.20. The van der Waals surface area contributed by atoms with Gasteiger partial charge in [-0.05, 0) is 51.5 Å². The number of rotatable bonds is 3. The minimum atomic E-state index is -0.687. The fraction of sp³-hybridized carbons (Fsp3) is 0.321. The summed E-state index contributed by atoms with van der Waals surface area (Å²) in [5.74, 6) is -0.0648. The number of aryl methyl sites for hydroxylation is 3. The lowest BCUT2D eigenvalue weighted by molar-refractivity contribution is -0.119. The maximum Gasteiger partial charge on any atom is 0.272 e. The normalized spacial score (nSPS) is 15.2. The van der Waals surface area contributed by atoms with Gasteiger partial charge in [0, 0.05) is 42.3 Å². The first-order valence-corrected chi connectivity index (χ1v) is 11.5. The Kier molecular flexibility index (Phi) is 7.32. The number of nitrogens with zero attached hydrogens (tertiary/aromatic N) is 4. The third-order valence-corrected chi connectivity index (χ3v) is 5.98. The molecule has 172 valence electrons. The van der Waals surface area contributed by atoms with Gasteiger partial charge >= 0.3 is 0 Å². The van der Waals surface area contributed by atoms with Gasteiger partial charge in [0.1, 0.15) is 0 Å². The number of anilines is 2. The Morgan fingerprint density at radius 1 is 0.939 bits per heavy atom. The summed E-state index contributed by atoms with van der Waals surface area (Å²) in [7, 11) is 3.77. The summed E-state index contributed by atoms with van der Waals surface area (Å²) in [5.41, 5.74) is 8.69. The molecule has 1 atom stereocenters. The predicted molar refractivity (Wildman–Crippen MR) is 139 cm³/mol. The molecule has 1 aliphatic rings. The van der Waals surface area contributed by atoms with Gasteiger partial charge in [0.15, 0.2) is 0 Å². The highest BCUT2D eigenvalue weighted by Crippen LogP contribution is 2.31. The molecule has 0 aliphatic carbocycles. The van der Waals surface area contributed by atoms with Gasteiger partial charge in [-0.2, -0.15) is 0 Å². The molecule has 3 aromatic rings. The van der Waals surface area contributed by atoms with Crippen molar-refractivity contribution < 1.29 is 4.79 Å². The smallest absolute Gasteiger partial charge is 0.272 e. The van der Waals surface area contributed by atoms with Gasteiger partial charge in [-0.1, -0.05) is 55.8 Å². The minimum Gasteiger partial charge on any atom is -0.345 e. The van der Waals surface area contributed by atoms with E-state index < -0.39 is 6.17 Å². The molecule has 0 saturated carbocycles. The Morgan fingerprint density at radius 2 is 1.61 bits per heavy atom. The third-order valence-electron chi connectivity index (χ3n) is 5.98. The van der Waals surface area contributed by atoms with E-state index in [0.29, 0.717) is 0 Å². The first-order valence-electron chi connectivity index (χ1n) is 11.5. The SMILES string of the molecule is CC.Cc1ccc2c(c1)C(c1ccccc1)=NC(N(C)c1cc(C)nc(C)c1C)C(=O)N2C. The lowest BCUT2D eigenvalue weighted by atomic mass is 9.98. The second kappa shape index (κ2) is 9.99. The van der Waals surface area contributed by atoms with E-state index in [0.717, 1.165) is 50.7 Å². The molecule has 0 N–H and O–H groups in total. The van der Waals surface area contributed by atoms with Crippen molar-refractivity contribution in [1.29, 1.82) is 0 Å². The Hall–Kier alpha value is -3.47. The second-order valence-corrected chi connectivity index (χ2v) is 8.24. The molecule has 1 amide bonds. The van der Waals surface area contributed by atoms with Crippen LogP contribution >= 0.6 is 0 Å². The summed E-state index contributed by atoms with van der Waals surface area (Å²) in [4.78, 5) is 27.0. The molecule has 5 nitrogen and oxygen atoms in total. The van der Waals surface area contributed by atoms with Crippen LogP contribution in [0.1, 0.15) is 47.5 Å². The van der Waals surface area contributed by atoms with Gasteiger partial charge in [-0.3, -0.25) is 9.78 Å². The number of carbonyl (C=O) groups excluding carboxylic acids is 1. The number of benzene rings is 2. The highest BCUT2D eigenvalue weighted by atomic mass is 16.2. The molecule has 4 rings (SSSR count). The lowest BCUT2D eigenvalue weighted by Crippen LogP contribution is -2.45. The Labute approximate surface area is 197 Å². The molecule has 0 spiro atoms. The van der Waals surface area contributed by atoms with Gasteiger partial charge < -0.3 is 9.80 Å². The van der Waals surface area contributed by atoms with Crippen LogP contribution < -0.4 is 9.80 Å². The Bertz CT molecular complexity index is 1180. The van der Waals surface area contributed by atoms with E-state index in [-0.39, 0.29) is 5.91 Å². The summed E-state index contributed by atoms with van der Waals surface area (Å²) in [6, 6.07) is 18.3. The maximum atomic E-state index is 13.6. The second-order valence-electron chi connectivity index (χ2n) is 8.24. The van der Waals surface area contributed by atoms with Crippen molar-refractivity contribution in [3.05, 3.63) is 88.2 Å². The monoisotopic (exact) mass is 442 g/mol. The molecule has 2 heterocycles. The van der Waals surface area contributed by atoms with E-state index in [2.05, 4.69) is 18.0 Å². The van der Waals surface area contributed by atoms with E-state index in [1.807, 2.05) is 102 Å². The van der Waals surface area contributed by atoms with Gasteiger partial charge in [0.25, 0.3) is 5.91 Å². The molecule has 0 radical (unpaired) electrons. The number of pyridine rings is 1. The van der Waals surface area contributed by atoms with Crippen LogP contribution in [-0.4, -0.2) is 36.9 Å². The highest BCUT2D eigenvalue weighted by Gasteiger charge is 2.33. The van der Waals surface area contributed by atoms with Crippen molar-refractivity contribution in [3.8, 4) is 0 Å². The van der Waals surface area contributed by atoms with Crippen LogP contribution in [0.15, 0.2) is 59.6 Å². The quantitative estimate of drug-likeness (QED) is 0.529. The van der Waals surface area contributed by atoms with Crippen molar-refractivity contribution in [2.45, 2.75) is 47.7 Å². The van der Waals surface area contributed by atoms with Crippen molar-refractivity contribution in [2.75, 3.05) is 23.9 Å². The molecule has 0 fully saturated rings. The van der Waals surface area contributed by atoms with Crippen LogP contribution in [0.4, 0.5) is 11.4 Å². The average Bonchev–Trinajstić information content (AvgIpc) is 2.92. The largest absolute Gasteiger partial charge is 0.345 e. The van der Waals surface area contributed by atoms with E-state index in [1.54, 1.807) is 4.90 Å². The minimum absolute atomic E-state index is 0.0648. The van der Waals surface area contributed by atoms with E-state index >= 15 is 0 Å². The number of aliphatic imine (C=N–C) groups is 1. The number of hydrogen-bond acceptors (Lipinski definition) is 4. The zero-order chi connectivity index (χ0) is 24.3. The zero-order valence-electron chi connectivity index (χ0n) is 21.0. The third kappa shape index (κ3) is 4.68. The number of aromatic nitrogens is 1. The standard InChI is InChI=1S/C26H28N4O.C2H6/c1-16-12-13-22-21(14-16)24(20-10-8-7-9-11-20)28-25(26(31)30(22)6)29(5)23-15-17(2)27-19(4)18(23)3;1-2/h7-15,25H,1-6H3;1-2H3. The first kappa shape index (κ1) is 24.2. The predicted octanol–water partition coefficient (Wildman–Crippen LogP) is 5.62. The molecule has 5 heteroatoms. The van der Waals surface area contributed by atoms with Gasteiger partial charge in [-0.25, -0.2) is 4.99 Å². The number of carbonyl (C=O) groups is 1. The topological polar surface area (TPSA) is 48.8 Å². The molecular weight excluding hydrogens is 408 g/mol. The fourth-order valence-corrected chi connectivity index (χ4v) is 4.12. The number of hydrogen-bond donors (Lipinski definition) is 0. The average molecular weight is 443 g/mol. The molecule has 0 saturated heterocycles. The number of benzodiazepines with no additional fused rings is 1. The van der Waals surface area contributed by atoms with Crippen molar-refractivity contribution >= 4 is 23.0 Å². The van der Waals surface area contributed by atoms with E-state index in [9.17, 15) is 4.79 Å². The Balaban J connectivity index is 0.00000149. The molecule has 1 aliphatic heterocycles. The van der Waals surface area contributed by atoms with Crippen LogP contribution in [0.2, 0.25) is 0 Å². The lowest BCUT2D eigenvalue weighted by Gasteiger charge is -2.30. The Morgan fingerprint density at radius 3 is 2.27 bits per heavy atom. The first-order chi connectivity index (χ1) is 15.8. The van der Waals surface area contributed by atoms with Crippen LogP contribution in [0, 0.1) is 27.7 Å². The summed E-state index contributed by atoms with van der Waals surface area (Å²) < 4.78 is 0. The van der Waals surface area contributed by atoms with Crippen molar-refractivity contribution in [2.24, 2.45) is 4.99 Å². The van der Waals surface area contributed by atoms with E-state index in [1.165, 1.54) is 0 Å². The summed E-state index contributed by atoms with van der Waals surface area (Å²) >= 11 is 0. The molecular formula is C28H34N4O. The summed E-state index contributed by atoms with van der Waals surface area (Å²) in [6.45, 7) is 12.1. The summed E-state index contributed by atoms with van der Waals surface area (Å²) in [6.07, 6.45) is -0.687. The van der Waals surface area contributed by atoms with Gasteiger partial charge in [0.05, 0.1) is 11.4 Å². The summed E-state index contributed by atoms with van der Waals surface area (Å²) in [5, 5.41) is 0. The maximum absolute atomic E-state index is 13.6. The van der Waals surface area contributed by atoms with Gasteiger partial charge in [0.2, 0.25) is 6.17 Å². The van der Waals surface area contributed by atoms with Crippen LogP contribution in [0.25, 0.3) is 0 Å². The molecule has 1 aromatic heterocycles. The molecule has 33 heavy (non-hydrogen) atoms. The van der Waals surface area contributed by atoms with Crippen molar-refractivity contribution in [1.82, 2.24) is 4.98 Å². The van der Waals surface area contributed by atoms with Crippen molar-refractivity contribution in [3.63, 3.8) is 0 Å². The number of likely N-dealkylation sites (N-methyl/N-ethyl adjacent to an activating group) is 2. The van der Waals surface area contributed by atoms with Crippen LogP contribution in [0.3, 0.4) is 0 Å². The molecule has 1 unspecified atom stereocenters. The molecule has 2 aromatic carbocycles. The number of fused-ring (bicyclic) bond motifs is 1. The zero-order valence-corrected chi connectivity index (χ0v) is 21.0.